The van der Waals surface area contributed by atoms with Crippen molar-refractivity contribution in [1.82, 2.24) is 0 Å². The van der Waals surface area contributed by atoms with Crippen molar-refractivity contribution in [2.24, 2.45) is 0 Å². The normalized spacial score (nSPS) is 11.8. The van der Waals surface area contributed by atoms with Gasteiger partial charge in [0, 0.05) is 0 Å². The number of hydrogen-bond donors (Lipinski definition) is 0. The van der Waals surface area contributed by atoms with Crippen LogP contribution < -0.4 is 0 Å². The van der Waals surface area contributed by atoms with Crippen molar-refractivity contribution < 1.29 is 19.1 Å². The zero-order chi connectivity index (χ0) is 17.1. The van der Waals surface area contributed by atoms with Gasteiger partial charge in [-0.3, -0.25) is 0 Å². The Hall–Kier alpha value is -1.84. The van der Waals surface area contributed by atoms with Crippen molar-refractivity contribution in [2.75, 3.05) is 6.61 Å². The molecule has 1 rings (SSSR count). The summed E-state index contributed by atoms with van der Waals surface area (Å²) in [5.74, 6) is -0.938. The van der Waals surface area contributed by atoms with E-state index in [4.69, 9.17) is 9.47 Å². The van der Waals surface area contributed by atoms with Gasteiger partial charge >= 0.3 is 11.9 Å². The summed E-state index contributed by atoms with van der Waals surface area (Å²) in [6.45, 7) is 6.32. The number of hydrogen-bond acceptors (Lipinski definition) is 4. The van der Waals surface area contributed by atoms with Crippen LogP contribution in [0.5, 0.6) is 0 Å². The van der Waals surface area contributed by atoms with Crippen LogP contribution in [0.4, 0.5) is 0 Å². The van der Waals surface area contributed by atoms with Crippen LogP contribution in [0.3, 0.4) is 0 Å². The zero-order valence-corrected chi connectivity index (χ0v) is 14.5. The zero-order valence-electron chi connectivity index (χ0n) is 14.5. The van der Waals surface area contributed by atoms with E-state index < -0.39 is 11.9 Å². The van der Waals surface area contributed by atoms with Crippen LogP contribution in [-0.2, 0) is 9.47 Å². The molecule has 0 fully saturated rings. The van der Waals surface area contributed by atoms with Gasteiger partial charge in [0.05, 0.1) is 23.8 Å². The highest BCUT2D eigenvalue weighted by molar-refractivity contribution is 6.03. The molecular weight excluding hydrogens is 292 g/mol. The lowest BCUT2D eigenvalue weighted by Gasteiger charge is -2.13. The SMILES string of the molecule is CCCCCCCOC(=O)c1ccccc1C(=O)OC(C)CC. The molecule has 23 heavy (non-hydrogen) atoms. The molecule has 0 radical (unpaired) electrons. The van der Waals surface area contributed by atoms with Gasteiger partial charge in [0.1, 0.15) is 0 Å². The summed E-state index contributed by atoms with van der Waals surface area (Å²) in [5, 5.41) is 0. The summed E-state index contributed by atoms with van der Waals surface area (Å²) in [6.07, 6.45) is 6.01. The molecule has 0 heterocycles. The number of rotatable bonds is 10. The lowest BCUT2D eigenvalue weighted by molar-refractivity contribution is 0.0321. The Morgan fingerprint density at radius 1 is 0.957 bits per heavy atom. The molecule has 1 unspecified atom stereocenters. The number of ether oxygens (including phenoxy) is 2. The molecule has 1 atom stereocenters. The minimum Gasteiger partial charge on any atom is -0.462 e. The maximum atomic E-state index is 12.2. The second-order valence-corrected chi connectivity index (χ2v) is 5.72. The Bertz CT molecular complexity index is 496. The van der Waals surface area contributed by atoms with Gasteiger partial charge in [0.15, 0.2) is 0 Å². The molecule has 0 aliphatic rings. The maximum Gasteiger partial charge on any atom is 0.339 e. The summed E-state index contributed by atoms with van der Waals surface area (Å²) < 4.78 is 10.6. The first kappa shape index (κ1) is 19.2. The fraction of sp³-hybridized carbons (Fsp3) is 0.579. The van der Waals surface area contributed by atoms with E-state index in [-0.39, 0.29) is 17.2 Å². The van der Waals surface area contributed by atoms with Crippen LogP contribution in [0.15, 0.2) is 24.3 Å². The standard InChI is InChI=1S/C19H28O4/c1-4-6-7-8-11-14-22-18(20)16-12-9-10-13-17(16)19(21)23-15(3)5-2/h9-10,12-13,15H,4-8,11,14H2,1-3H3. The number of esters is 2. The van der Waals surface area contributed by atoms with Crippen molar-refractivity contribution in [3.05, 3.63) is 35.4 Å². The quantitative estimate of drug-likeness (QED) is 0.460. The van der Waals surface area contributed by atoms with E-state index in [0.717, 1.165) is 25.7 Å². The Labute approximate surface area is 139 Å². The minimum absolute atomic E-state index is 0.176. The van der Waals surface area contributed by atoms with Gasteiger partial charge in [-0.05, 0) is 31.9 Å². The highest BCUT2D eigenvalue weighted by atomic mass is 16.5. The van der Waals surface area contributed by atoms with Gasteiger partial charge in [-0.1, -0.05) is 51.7 Å². The predicted octanol–water partition coefficient (Wildman–Crippen LogP) is 4.77. The highest BCUT2D eigenvalue weighted by Crippen LogP contribution is 2.14. The van der Waals surface area contributed by atoms with Gasteiger partial charge in [-0.25, -0.2) is 9.59 Å². The first-order valence-corrected chi connectivity index (χ1v) is 8.57. The van der Waals surface area contributed by atoms with Crippen LogP contribution in [0, 0.1) is 0 Å². The second-order valence-electron chi connectivity index (χ2n) is 5.72. The van der Waals surface area contributed by atoms with Gasteiger partial charge in [0.2, 0.25) is 0 Å². The molecule has 1 aromatic rings. The second kappa shape index (κ2) is 10.8. The third kappa shape index (κ3) is 6.85. The first-order valence-electron chi connectivity index (χ1n) is 8.57. The summed E-state index contributed by atoms with van der Waals surface area (Å²) in [7, 11) is 0. The van der Waals surface area contributed by atoms with Crippen LogP contribution in [-0.4, -0.2) is 24.6 Å². The van der Waals surface area contributed by atoms with Gasteiger partial charge in [-0.2, -0.15) is 0 Å². The van der Waals surface area contributed by atoms with E-state index in [2.05, 4.69) is 6.92 Å². The molecule has 0 amide bonds. The molecule has 0 bridgehead atoms. The molecule has 0 aliphatic heterocycles. The fourth-order valence-electron chi connectivity index (χ4n) is 2.12. The summed E-state index contributed by atoms with van der Waals surface area (Å²) in [5.41, 5.74) is 0.540. The average molecular weight is 320 g/mol. The Balaban J connectivity index is 2.58. The van der Waals surface area contributed by atoms with Crippen molar-refractivity contribution >= 4 is 11.9 Å². The topological polar surface area (TPSA) is 52.6 Å². The molecular formula is C19H28O4. The molecule has 4 heteroatoms. The van der Waals surface area contributed by atoms with Crippen molar-refractivity contribution in [3.8, 4) is 0 Å². The summed E-state index contributed by atoms with van der Waals surface area (Å²) in [4.78, 5) is 24.3. The number of benzene rings is 1. The van der Waals surface area contributed by atoms with E-state index in [0.29, 0.717) is 6.61 Å². The summed E-state index contributed by atoms with van der Waals surface area (Å²) in [6, 6.07) is 6.64. The molecule has 0 aromatic heterocycles. The van der Waals surface area contributed by atoms with Crippen LogP contribution in [0.2, 0.25) is 0 Å². The molecule has 0 spiro atoms. The third-order valence-corrected chi connectivity index (χ3v) is 3.73. The maximum absolute atomic E-state index is 12.2. The molecule has 0 aliphatic carbocycles. The van der Waals surface area contributed by atoms with Crippen molar-refractivity contribution in [2.45, 2.75) is 65.4 Å². The molecule has 4 nitrogen and oxygen atoms in total. The van der Waals surface area contributed by atoms with E-state index in [9.17, 15) is 9.59 Å². The first-order chi connectivity index (χ1) is 11.1. The van der Waals surface area contributed by atoms with Gasteiger partial charge < -0.3 is 9.47 Å². The van der Waals surface area contributed by atoms with E-state index in [1.54, 1.807) is 24.3 Å². The molecule has 0 saturated carbocycles. The fourth-order valence-corrected chi connectivity index (χ4v) is 2.12. The average Bonchev–Trinajstić information content (AvgIpc) is 2.57. The Kier molecular flexibility index (Phi) is 9.03. The van der Waals surface area contributed by atoms with Crippen LogP contribution in [0.25, 0.3) is 0 Å². The largest absolute Gasteiger partial charge is 0.462 e. The number of carbonyl (C=O) groups is 2. The van der Waals surface area contributed by atoms with Gasteiger partial charge in [0.25, 0.3) is 0 Å². The van der Waals surface area contributed by atoms with Crippen molar-refractivity contribution in [3.63, 3.8) is 0 Å². The summed E-state index contributed by atoms with van der Waals surface area (Å²) >= 11 is 0. The molecule has 0 N–H and O–H groups in total. The Morgan fingerprint density at radius 2 is 1.57 bits per heavy atom. The molecule has 1 aromatic carbocycles. The smallest absolute Gasteiger partial charge is 0.339 e. The molecule has 128 valence electrons. The van der Waals surface area contributed by atoms with E-state index in [1.807, 2.05) is 13.8 Å². The number of unbranched alkanes of at least 4 members (excludes halogenated alkanes) is 4. The lowest BCUT2D eigenvalue weighted by atomic mass is 10.1. The highest BCUT2D eigenvalue weighted by Gasteiger charge is 2.20. The minimum atomic E-state index is -0.477. The third-order valence-electron chi connectivity index (χ3n) is 3.73. The van der Waals surface area contributed by atoms with Crippen LogP contribution in [0.1, 0.15) is 80.0 Å². The van der Waals surface area contributed by atoms with Crippen LogP contribution >= 0.6 is 0 Å². The van der Waals surface area contributed by atoms with Crippen molar-refractivity contribution in [1.29, 1.82) is 0 Å². The number of carbonyl (C=O) groups excluding carboxylic acids is 2. The monoisotopic (exact) mass is 320 g/mol. The Morgan fingerprint density at radius 3 is 2.17 bits per heavy atom. The van der Waals surface area contributed by atoms with E-state index in [1.165, 1.54) is 12.8 Å². The predicted molar refractivity (Wildman–Crippen MR) is 90.7 cm³/mol. The molecule has 0 saturated heterocycles. The lowest BCUT2D eigenvalue weighted by Crippen LogP contribution is -2.18. The van der Waals surface area contributed by atoms with Gasteiger partial charge in [-0.15, -0.1) is 0 Å². The van der Waals surface area contributed by atoms with E-state index >= 15 is 0 Å².